The lowest BCUT2D eigenvalue weighted by atomic mass is 10.3. The minimum atomic E-state index is -4.90. The van der Waals surface area contributed by atoms with E-state index in [1.807, 2.05) is 0 Å². The van der Waals surface area contributed by atoms with Crippen molar-refractivity contribution in [2.45, 2.75) is 6.36 Å². The lowest BCUT2D eigenvalue weighted by molar-refractivity contribution is -0.275. The van der Waals surface area contributed by atoms with Gasteiger partial charge in [-0.15, -0.1) is 13.2 Å². The Morgan fingerprint density at radius 1 is 1.29 bits per heavy atom. The van der Waals surface area contributed by atoms with Crippen molar-refractivity contribution < 1.29 is 27.4 Å². The average Bonchev–Trinajstić information content (AvgIpc) is 1.97. The summed E-state index contributed by atoms with van der Waals surface area (Å²) in [5.41, 5.74) is 0. The molecular formula is C7H3BrF4O2. The van der Waals surface area contributed by atoms with Gasteiger partial charge >= 0.3 is 6.36 Å². The number of benzene rings is 1. The molecule has 1 rings (SSSR count). The van der Waals surface area contributed by atoms with Crippen LogP contribution in [0.5, 0.6) is 11.5 Å². The molecule has 0 aliphatic heterocycles. The van der Waals surface area contributed by atoms with Gasteiger partial charge in [0.2, 0.25) is 0 Å². The molecule has 0 saturated heterocycles. The van der Waals surface area contributed by atoms with Gasteiger partial charge in [-0.2, -0.15) is 0 Å². The van der Waals surface area contributed by atoms with Crippen molar-refractivity contribution in [3.8, 4) is 11.5 Å². The summed E-state index contributed by atoms with van der Waals surface area (Å²) in [7, 11) is 0. The second-order valence-corrected chi connectivity index (χ2v) is 3.14. The highest BCUT2D eigenvalue weighted by atomic mass is 79.9. The van der Waals surface area contributed by atoms with Crippen LogP contribution in [-0.4, -0.2) is 11.5 Å². The van der Waals surface area contributed by atoms with Crippen LogP contribution in [0, 0.1) is 5.82 Å². The van der Waals surface area contributed by atoms with Crippen molar-refractivity contribution in [3.63, 3.8) is 0 Å². The fourth-order valence-electron chi connectivity index (χ4n) is 0.721. The molecule has 0 bridgehead atoms. The maximum Gasteiger partial charge on any atom is 0.573 e. The molecule has 7 heteroatoms. The molecule has 0 radical (unpaired) electrons. The Morgan fingerprint density at radius 2 is 1.86 bits per heavy atom. The number of hydrogen-bond acceptors (Lipinski definition) is 2. The molecule has 1 aromatic carbocycles. The second-order valence-electron chi connectivity index (χ2n) is 2.28. The minimum Gasteiger partial charge on any atom is -0.505 e. The summed E-state index contributed by atoms with van der Waals surface area (Å²) in [5.74, 6) is -2.69. The van der Waals surface area contributed by atoms with Crippen molar-refractivity contribution in [1.29, 1.82) is 0 Å². The molecular weight excluding hydrogens is 272 g/mol. The van der Waals surface area contributed by atoms with E-state index in [1.54, 1.807) is 0 Å². The van der Waals surface area contributed by atoms with Crippen LogP contribution in [0.4, 0.5) is 17.6 Å². The van der Waals surface area contributed by atoms with Gasteiger partial charge in [0.15, 0.2) is 11.6 Å². The van der Waals surface area contributed by atoms with E-state index in [0.29, 0.717) is 6.07 Å². The standard InChI is InChI=1S/C7H3BrF4O2/c8-3-1-5(13)4(9)2-6(3)14-7(10,11)12/h1-2,13H. The van der Waals surface area contributed by atoms with Gasteiger partial charge in [-0.1, -0.05) is 0 Å². The van der Waals surface area contributed by atoms with Gasteiger partial charge in [-0.3, -0.25) is 0 Å². The van der Waals surface area contributed by atoms with Gasteiger partial charge in [0, 0.05) is 12.1 Å². The fourth-order valence-corrected chi connectivity index (χ4v) is 1.13. The number of rotatable bonds is 1. The minimum absolute atomic E-state index is 0.186. The molecule has 2 nitrogen and oxygen atoms in total. The molecule has 1 aromatic rings. The molecule has 78 valence electrons. The zero-order valence-corrected chi connectivity index (χ0v) is 7.99. The molecule has 0 saturated carbocycles. The normalized spacial score (nSPS) is 11.5. The van der Waals surface area contributed by atoms with Crippen LogP contribution in [0.1, 0.15) is 0 Å². The highest BCUT2D eigenvalue weighted by Gasteiger charge is 2.32. The van der Waals surface area contributed by atoms with Gasteiger partial charge in [0.1, 0.15) is 5.75 Å². The third-order valence-corrected chi connectivity index (χ3v) is 1.85. The van der Waals surface area contributed by atoms with Crippen LogP contribution in [0.15, 0.2) is 16.6 Å². The molecule has 0 heterocycles. The monoisotopic (exact) mass is 274 g/mol. The summed E-state index contributed by atoms with van der Waals surface area (Å²) in [4.78, 5) is 0. The fraction of sp³-hybridized carbons (Fsp3) is 0.143. The van der Waals surface area contributed by atoms with Gasteiger partial charge in [-0.05, 0) is 15.9 Å². The molecule has 0 aliphatic carbocycles. The van der Waals surface area contributed by atoms with Gasteiger partial charge < -0.3 is 9.84 Å². The Labute approximate surface area is 84.2 Å². The smallest absolute Gasteiger partial charge is 0.505 e. The van der Waals surface area contributed by atoms with E-state index in [1.165, 1.54) is 0 Å². The first-order chi connectivity index (χ1) is 6.29. The Bertz CT molecular complexity index is 350. The Balaban J connectivity index is 3.04. The Hall–Kier alpha value is -0.980. The van der Waals surface area contributed by atoms with E-state index in [2.05, 4.69) is 20.7 Å². The van der Waals surface area contributed by atoms with Crippen LogP contribution >= 0.6 is 15.9 Å². The van der Waals surface area contributed by atoms with Crippen LogP contribution in [-0.2, 0) is 0 Å². The molecule has 1 N–H and O–H groups in total. The highest BCUT2D eigenvalue weighted by Crippen LogP contribution is 2.34. The highest BCUT2D eigenvalue weighted by molar-refractivity contribution is 9.10. The van der Waals surface area contributed by atoms with Crippen LogP contribution in [0.2, 0.25) is 0 Å². The van der Waals surface area contributed by atoms with E-state index in [0.717, 1.165) is 6.07 Å². The number of alkyl halides is 3. The van der Waals surface area contributed by atoms with Gasteiger partial charge in [0.05, 0.1) is 4.47 Å². The summed E-state index contributed by atoms with van der Waals surface area (Å²) in [6.07, 6.45) is -4.90. The van der Waals surface area contributed by atoms with E-state index < -0.39 is 23.7 Å². The van der Waals surface area contributed by atoms with Crippen LogP contribution in [0.25, 0.3) is 0 Å². The van der Waals surface area contributed by atoms with Crippen LogP contribution in [0.3, 0.4) is 0 Å². The first-order valence-corrected chi connectivity index (χ1v) is 4.02. The van der Waals surface area contributed by atoms with E-state index >= 15 is 0 Å². The first-order valence-electron chi connectivity index (χ1n) is 3.23. The molecule has 14 heavy (non-hydrogen) atoms. The summed E-state index contributed by atoms with van der Waals surface area (Å²) in [5, 5.41) is 8.78. The molecule has 0 unspecified atom stereocenters. The number of phenolic OH excluding ortho intramolecular Hbond substituents is 1. The van der Waals surface area contributed by atoms with Crippen molar-refractivity contribution >= 4 is 15.9 Å². The Kier molecular flexibility index (Phi) is 2.89. The van der Waals surface area contributed by atoms with Gasteiger partial charge in [-0.25, -0.2) is 4.39 Å². The summed E-state index contributed by atoms with van der Waals surface area (Å²) in [6, 6.07) is 1.21. The van der Waals surface area contributed by atoms with Crippen molar-refractivity contribution in [1.82, 2.24) is 0 Å². The van der Waals surface area contributed by atoms with E-state index in [9.17, 15) is 17.6 Å². The number of ether oxygens (including phenoxy) is 1. The number of aromatic hydroxyl groups is 1. The number of phenols is 1. The third-order valence-electron chi connectivity index (χ3n) is 1.23. The zero-order valence-electron chi connectivity index (χ0n) is 6.40. The second kappa shape index (κ2) is 3.64. The maximum atomic E-state index is 12.6. The predicted octanol–water partition coefficient (Wildman–Crippen LogP) is 3.19. The topological polar surface area (TPSA) is 29.5 Å². The van der Waals surface area contributed by atoms with Crippen molar-refractivity contribution in [3.05, 3.63) is 22.4 Å². The average molecular weight is 275 g/mol. The van der Waals surface area contributed by atoms with Gasteiger partial charge in [0.25, 0.3) is 0 Å². The Morgan fingerprint density at radius 3 is 2.36 bits per heavy atom. The lowest BCUT2D eigenvalue weighted by Crippen LogP contribution is -2.17. The maximum absolute atomic E-state index is 12.6. The SMILES string of the molecule is Oc1cc(Br)c(OC(F)(F)F)cc1F. The molecule has 0 atom stereocenters. The van der Waals surface area contributed by atoms with Crippen molar-refractivity contribution in [2.75, 3.05) is 0 Å². The molecule has 0 fully saturated rings. The van der Waals surface area contributed by atoms with E-state index in [4.69, 9.17) is 5.11 Å². The van der Waals surface area contributed by atoms with E-state index in [-0.39, 0.29) is 4.47 Å². The molecule has 0 aromatic heterocycles. The predicted molar refractivity (Wildman–Crippen MR) is 42.4 cm³/mol. The molecule has 0 amide bonds. The largest absolute Gasteiger partial charge is 0.573 e. The summed E-state index contributed by atoms with van der Waals surface area (Å²) >= 11 is 2.68. The summed E-state index contributed by atoms with van der Waals surface area (Å²) < 4.78 is 51.1. The quantitative estimate of drug-likeness (QED) is 0.797. The molecule has 0 spiro atoms. The number of halogens is 5. The zero-order chi connectivity index (χ0) is 10.9. The van der Waals surface area contributed by atoms with Crippen LogP contribution < -0.4 is 4.74 Å². The number of hydrogen-bond donors (Lipinski definition) is 1. The van der Waals surface area contributed by atoms with Crippen molar-refractivity contribution in [2.24, 2.45) is 0 Å². The first kappa shape index (κ1) is 11.1. The molecule has 0 aliphatic rings. The lowest BCUT2D eigenvalue weighted by Gasteiger charge is -2.10. The summed E-state index contributed by atoms with van der Waals surface area (Å²) in [6.45, 7) is 0. The third kappa shape index (κ3) is 2.76.